The van der Waals surface area contributed by atoms with E-state index in [1.54, 1.807) is 41.5 Å². The van der Waals surface area contributed by atoms with Gasteiger partial charge in [0.15, 0.2) is 0 Å². The van der Waals surface area contributed by atoms with Gasteiger partial charge in [0.05, 0.1) is 39.3 Å². The summed E-state index contributed by atoms with van der Waals surface area (Å²) in [7, 11) is 0. The van der Waals surface area contributed by atoms with Gasteiger partial charge in [-0.25, -0.2) is 9.59 Å². The highest BCUT2D eigenvalue weighted by atomic mass is 16.6. The molecule has 0 heterocycles. The van der Waals surface area contributed by atoms with Crippen molar-refractivity contribution in [2.45, 2.75) is 77.7 Å². The number of carbonyl (C=O) groups excluding carboxylic acids is 4. The Balaban J connectivity index is 1.80. The number of aromatic hydroxyl groups is 2. The van der Waals surface area contributed by atoms with Gasteiger partial charge < -0.3 is 59.5 Å². The molecule has 18 heteroatoms. The Hall–Kier alpha value is -5.62. The summed E-state index contributed by atoms with van der Waals surface area (Å²) < 4.78 is 32.6. The molecule has 2 atom stereocenters. The Morgan fingerprint density at radius 1 is 0.593 bits per heavy atom. The molecule has 0 aliphatic rings. The van der Waals surface area contributed by atoms with Crippen LogP contribution in [0.2, 0.25) is 0 Å². The summed E-state index contributed by atoms with van der Waals surface area (Å²) in [6.07, 6.45) is -1.32. The quantitative estimate of drug-likeness (QED) is 0.0787. The van der Waals surface area contributed by atoms with Gasteiger partial charge in [0.25, 0.3) is 11.8 Å². The molecule has 0 spiro atoms. The average Bonchev–Trinajstić information content (AvgIpc) is 3.02. The molecule has 0 saturated heterocycles. The van der Waals surface area contributed by atoms with E-state index >= 15 is 0 Å². The lowest BCUT2D eigenvalue weighted by molar-refractivity contribution is -0.164. The van der Waals surface area contributed by atoms with Gasteiger partial charge in [0.1, 0.15) is 59.5 Å². The van der Waals surface area contributed by atoms with Crippen LogP contribution in [0, 0.1) is 0 Å². The fourth-order valence-electron chi connectivity index (χ4n) is 4.33. The number of phenols is 2. The molecule has 0 fully saturated rings. The van der Waals surface area contributed by atoms with Gasteiger partial charge in [0.2, 0.25) is 0 Å². The van der Waals surface area contributed by atoms with Crippen molar-refractivity contribution in [1.82, 2.24) is 10.6 Å². The van der Waals surface area contributed by atoms with E-state index in [2.05, 4.69) is 10.6 Å². The summed E-state index contributed by atoms with van der Waals surface area (Å²) in [5, 5.41) is 42.7. The molecule has 2 aromatic rings. The van der Waals surface area contributed by atoms with E-state index in [-0.39, 0.29) is 73.8 Å². The second-order valence-corrected chi connectivity index (χ2v) is 13.7. The molecular formula is C36H48N2O16. The third kappa shape index (κ3) is 17.7. The van der Waals surface area contributed by atoms with E-state index < -0.39 is 71.8 Å². The molecule has 0 aromatic heterocycles. The maximum absolute atomic E-state index is 13.1. The minimum absolute atomic E-state index is 0.0112. The number of carboxylic acids is 2. The standard InChI is InChI=1S/C36H48N2O16/c1-35(2,3)53-30(43)20-28(34(48)54-36(4,5)6)38-32(45)22-14-24(40)18-26(16-22)52-12-10-50-8-7-49-9-11-51-25-15-21(13-23(39)17-25)31(44)37-27(33(46)47)19-29(41)42/h13-18,27-28,39-40H,7-12,19-20H2,1-6H3,(H,37,44)(H,38,45)(H,41,42)(H,46,47)/t27-,28-/m0/s1. The van der Waals surface area contributed by atoms with E-state index in [0.29, 0.717) is 0 Å². The molecule has 6 N–H and O–H groups in total. The Morgan fingerprint density at radius 2 is 1.02 bits per heavy atom. The minimum atomic E-state index is -1.67. The molecule has 2 amide bonds. The zero-order valence-electron chi connectivity index (χ0n) is 31.0. The number of esters is 2. The lowest BCUT2D eigenvalue weighted by Crippen LogP contribution is -2.46. The summed E-state index contributed by atoms with van der Waals surface area (Å²) >= 11 is 0. The van der Waals surface area contributed by atoms with Crippen molar-refractivity contribution in [3.63, 3.8) is 0 Å². The van der Waals surface area contributed by atoms with E-state index in [9.17, 15) is 39.0 Å². The van der Waals surface area contributed by atoms with E-state index in [1.807, 2.05) is 0 Å². The van der Waals surface area contributed by atoms with Gasteiger partial charge in [-0.15, -0.1) is 0 Å². The number of carboxylic acid groups (broad SMARTS) is 2. The van der Waals surface area contributed by atoms with Gasteiger partial charge in [-0.2, -0.15) is 0 Å². The molecule has 0 saturated carbocycles. The van der Waals surface area contributed by atoms with Crippen LogP contribution in [-0.4, -0.2) is 119 Å². The Kier molecular flexibility index (Phi) is 17.0. The van der Waals surface area contributed by atoms with Crippen molar-refractivity contribution >= 4 is 35.7 Å². The molecule has 0 bridgehead atoms. The molecular weight excluding hydrogens is 716 g/mol. The number of aliphatic carboxylic acids is 2. The highest BCUT2D eigenvalue weighted by Crippen LogP contribution is 2.24. The van der Waals surface area contributed by atoms with Gasteiger partial charge in [-0.3, -0.25) is 19.2 Å². The number of rotatable bonds is 21. The van der Waals surface area contributed by atoms with Crippen LogP contribution in [-0.2, 0) is 38.1 Å². The van der Waals surface area contributed by atoms with Crippen LogP contribution in [0.1, 0.15) is 75.1 Å². The number of nitrogens with one attached hydrogen (secondary N) is 2. The number of hydrogen-bond acceptors (Lipinski definition) is 14. The molecule has 0 aliphatic heterocycles. The molecule has 0 aliphatic carbocycles. The predicted octanol–water partition coefficient (Wildman–Crippen LogP) is 2.42. The van der Waals surface area contributed by atoms with E-state index in [4.69, 9.17) is 38.6 Å². The maximum Gasteiger partial charge on any atom is 0.329 e. The highest BCUT2D eigenvalue weighted by molar-refractivity contribution is 5.99. The van der Waals surface area contributed by atoms with Gasteiger partial charge >= 0.3 is 23.9 Å². The van der Waals surface area contributed by atoms with Crippen LogP contribution < -0.4 is 20.1 Å². The Morgan fingerprint density at radius 3 is 1.43 bits per heavy atom. The smallest absolute Gasteiger partial charge is 0.329 e. The third-order valence-electron chi connectivity index (χ3n) is 6.44. The molecule has 2 rings (SSSR count). The van der Waals surface area contributed by atoms with Crippen molar-refractivity contribution in [2.75, 3.05) is 39.6 Å². The lowest BCUT2D eigenvalue weighted by atomic mass is 10.1. The van der Waals surface area contributed by atoms with Crippen LogP contribution in [0.15, 0.2) is 36.4 Å². The third-order valence-corrected chi connectivity index (χ3v) is 6.44. The summed E-state index contributed by atoms with van der Waals surface area (Å²) in [5.41, 5.74) is -1.91. The molecule has 54 heavy (non-hydrogen) atoms. The first-order valence-electron chi connectivity index (χ1n) is 16.7. The van der Waals surface area contributed by atoms with E-state index in [0.717, 1.165) is 12.1 Å². The fraction of sp³-hybridized carbons (Fsp3) is 0.500. The number of phenolic OH excluding ortho intramolecular Hbond substituents is 2. The van der Waals surface area contributed by atoms with Crippen LogP contribution in [0.5, 0.6) is 23.0 Å². The number of benzene rings is 2. The molecule has 18 nitrogen and oxygen atoms in total. The molecule has 0 unspecified atom stereocenters. The number of hydrogen-bond donors (Lipinski definition) is 6. The first kappa shape index (κ1) is 44.5. The molecule has 298 valence electrons. The number of carbonyl (C=O) groups is 6. The maximum atomic E-state index is 13.1. The summed E-state index contributed by atoms with van der Waals surface area (Å²) in [5.74, 6) is -6.62. The average molecular weight is 765 g/mol. The van der Waals surface area contributed by atoms with Crippen molar-refractivity contribution in [2.24, 2.45) is 0 Å². The van der Waals surface area contributed by atoms with Crippen LogP contribution >= 0.6 is 0 Å². The molecule has 0 radical (unpaired) electrons. The summed E-state index contributed by atoms with van der Waals surface area (Å²) in [6.45, 7) is 10.5. The van der Waals surface area contributed by atoms with Crippen molar-refractivity contribution in [3.8, 4) is 23.0 Å². The van der Waals surface area contributed by atoms with Crippen LogP contribution in [0.25, 0.3) is 0 Å². The Bertz CT molecular complexity index is 1630. The lowest BCUT2D eigenvalue weighted by Gasteiger charge is -2.25. The van der Waals surface area contributed by atoms with Gasteiger partial charge in [-0.05, 0) is 65.8 Å². The minimum Gasteiger partial charge on any atom is -0.508 e. The highest BCUT2D eigenvalue weighted by Gasteiger charge is 2.31. The SMILES string of the molecule is CC(C)(C)OC(=O)C[C@H](NC(=O)c1cc(O)cc(OCCOCCOCCOc2cc(O)cc(C(=O)N[C@@H](CC(=O)O)C(=O)O)c2)c1)C(=O)OC(C)(C)C. The van der Waals surface area contributed by atoms with Crippen molar-refractivity contribution < 1.29 is 77.6 Å². The van der Waals surface area contributed by atoms with Crippen LogP contribution in [0.4, 0.5) is 0 Å². The van der Waals surface area contributed by atoms with Gasteiger partial charge in [-0.1, -0.05) is 0 Å². The summed E-state index contributed by atoms with van der Waals surface area (Å²) in [4.78, 5) is 72.9. The largest absolute Gasteiger partial charge is 0.508 e. The second kappa shape index (κ2) is 20.6. The fourth-order valence-corrected chi connectivity index (χ4v) is 4.33. The second-order valence-electron chi connectivity index (χ2n) is 13.7. The first-order chi connectivity index (χ1) is 25.1. The van der Waals surface area contributed by atoms with Crippen LogP contribution in [0.3, 0.4) is 0 Å². The monoisotopic (exact) mass is 764 g/mol. The van der Waals surface area contributed by atoms with E-state index in [1.165, 1.54) is 24.3 Å². The number of ether oxygens (including phenoxy) is 6. The molecule has 2 aromatic carbocycles. The van der Waals surface area contributed by atoms with Gasteiger partial charge in [0, 0.05) is 23.3 Å². The zero-order valence-corrected chi connectivity index (χ0v) is 31.0. The Labute approximate surface area is 311 Å². The number of amides is 2. The topological polar surface area (TPSA) is 263 Å². The predicted molar refractivity (Wildman–Crippen MR) is 188 cm³/mol. The summed E-state index contributed by atoms with van der Waals surface area (Å²) in [6, 6.07) is 4.27. The normalized spacial score (nSPS) is 12.5. The zero-order chi connectivity index (χ0) is 40.6. The van der Waals surface area contributed by atoms with Crippen molar-refractivity contribution in [1.29, 1.82) is 0 Å². The van der Waals surface area contributed by atoms with Crippen molar-refractivity contribution in [3.05, 3.63) is 47.5 Å². The first-order valence-corrected chi connectivity index (χ1v) is 16.7.